The van der Waals surface area contributed by atoms with Crippen molar-refractivity contribution >= 4 is 44.0 Å². The summed E-state index contributed by atoms with van der Waals surface area (Å²) in [5.74, 6) is 0.612. The number of nitro benzene ring substituents is 1. The zero-order chi connectivity index (χ0) is 23.5. The summed E-state index contributed by atoms with van der Waals surface area (Å²) >= 11 is 6.39. The van der Waals surface area contributed by atoms with E-state index in [1.165, 1.54) is 30.2 Å². The molecule has 0 unspecified atom stereocenters. The molecule has 1 aromatic heterocycles. The fourth-order valence-corrected chi connectivity index (χ4v) is 4.26. The van der Waals surface area contributed by atoms with Crippen LogP contribution < -0.4 is 9.04 Å². The summed E-state index contributed by atoms with van der Waals surface area (Å²) in [5.41, 5.74) is 0.517. The first kappa shape index (κ1) is 23.4. The molecule has 0 amide bonds. The SMILES string of the molecule is C=COCCn1nc(N(Cc2ccc(OC)cc2)S(C)(=O)=O)c2c(Cl)ccc([N+](=O)[O-])c21. The van der Waals surface area contributed by atoms with E-state index in [1.807, 2.05) is 0 Å². The third-order valence-corrected chi connectivity index (χ3v) is 6.08. The summed E-state index contributed by atoms with van der Waals surface area (Å²) in [5, 5.41) is 16.4. The minimum atomic E-state index is -3.83. The number of fused-ring (bicyclic) bond motifs is 1. The Labute approximate surface area is 189 Å². The maximum absolute atomic E-state index is 12.7. The van der Waals surface area contributed by atoms with Crippen LogP contribution in [0.4, 0.5) is 11.5 Å². The van der Waals surface area contributed by atoms with Gasteiger partial charge < -0.3 is 9.47 Å². The number of benzene rings is 2. The second kappa shape index (κ2) is 9.45. The van der Waals surface area contributed by atoms with Crippen LogP contribution in [0.1, 0.15) is 5.56 Å². The van der Waals surface area contributed by atoms with Gasteiger partial charge in [-0.25, -0.2) is 12.7 Å². The number of sulfonamides is 1. The number of halogens is 1. The smallest absolute Gasteiger partial charge is 0.295 e. The highest BCUT2D eigenvalue weighted by atomic mass is 35.5. The Balaban J connectivity index is 2.21. The average Bonchev–Trinajstić information content (AvgIpc) is 3.11. The third kappa shape index (κ3) is 4.78. The summed E-state index contributed by atoms with van der Waals surface area (Å²) in [6.45, 7) is 3.64. The quantitative estimate of drug-likeness (QED) is 0.188. The molecule has 0 N–H and O–H groups in total. The number of nitrogens with zero attached hydrogens (tertiary/aromatic N) is 4. The molecule has 0 spiro atoms. The van der Waals surface area contributed by atoms with Gasteiger partial charge in [0.15, 0.2) is 5.82 Å². The Bertz CT molecular complexity index is 1260. The zero-order valence-corrected chi connectivity index (χ0v) is 19.0. The number of hydrogen-bond acceptors (Lipinski definition) is 7. The lowest BCUT2D eigenvalue weighted by Gasteiger charge is -2.20. The molecule has 0 radical (unpaired) electrons. The molecule has 1 heterocycles. The summed E-state index contributed by atoms with van der Waals surface area (Å²) in [7, 11) is -2.31. The molecule has 3 rings (SSSR count). The van der Waals surface area contributed by atoms with Gasteiger partial charge in [-0.3, -0.25) is 14.8 Å². The lowest BCUT2D eigenvalue weighted by molar-refractivity contribution is -0.383. The highest BCUT2D eigenvalue weighted by molar-refractivity contribution is 7.92. The minimum absolute atomic E-state index is 0.00868. The monoisotopic (exact) mass is 480 g/mol. The number of rotatable bonds is 10. The number of ether oxygens (including phenoxy) is 2. The topological polar surface area (TPSA) is 117 Å². The molecule has 2 aromatic carbocycles. The Morgan fingerprint density at radius 2 is 1.97 bits per heavy atom. The summed E-state index contributed by atoms with van der Waals surface area (Å²) in [4.78, 5) is 11.1. The number of anilines is 1. The predicted octanol–water partition coefficient (Wildman–Crippen LogP) is 3.73. The number of aromatic nitrogens is 2. The van der Waals surface area contributed by atoms with E-state index < -0.39 is 14.9 Å². The van der Waals surface area contributed by atoms with E-state index in [9.17, 15) is 18.5 Å². The van der Waals surface area contributed by atoms with E-state index in [0.717, 1.165) is 10.6 Å². The molecule has 0 atom stereocenters. The predicted molar refractivity (Wildman–Crippen MR) is 122 cm³/mol. The van der Waals surface area contributed by atoms with Gasteiger partial charge in [0.05, 0.1) is 48.0 Å². The van der Waals surface area contributed by atoms with E-state index >= 15 is 0 Å². The molecule has 0 saturated heterocycles. The van der Waals surface area contributed by atoms with Crippen LogP contribution >= 0.6 is 11.6 Å². The van der Waals surface area contributed by atoms with Crippen LogP contribution in [-0.2, 0) is 27.8 Å². The van der Waals surface area contributed by atoms with Crippen molar-refractivity contribution in [2.45, 2.75) is 13.1 Å². The van der Waals surface area contributed by atoms with Gasteiger partial charge in [0.2, 0.25) is 10.0 Å². The van der Waals surface area contributed by atoms with E-state index in [2.05, 4.69) is 11.7 Å². The van der Waals surface area contributed by atoms with Crippen LogP contribution in [0.15, 0.2) is 49.2 Å². The molecule has 0 aliphatic heterocycles. The van der Waals surface area contributed by atoms with Gasteiger partial charge in [-0.05, 0) is 23.8 Å². The molecular weight excluding hydrogens is 460 g/mol. The molecule has 12 heteroatoms. The molecule has 32 heavy (non-hydrogen) atoms. The van der Waals surface area contributed by atoms with Crippen molar-refractivity contribution in [3.8, 4) is 5.75 Å². The third-order valence-electron chi connectivity index (χ3n) is 4.66. The molecule has 0 saturated carbocycles. The van der Waals surface area contributed by atoms with Gasteiger partial charge in [-0.2, -0.15) is 5.10 Å². The van der Waals surface area contributed by atoms with Crippen molar-refractivity contribution in [2.24, 2.45) is 0 Å². The molecule has 0 fully saturated rings. The molecule has 0 aliphatic carbocycles. The highest BCUT2D eigenvalue weighted by Gasteiger charge is 2.29. The fourth-order valence-electron chi connectivity index (χ4n) is 3.20. The van der Waals surface area contributed by atoms with Crippen LogP contribution in [0.5, 0.6) is 5.75 Å². The van der Waals surface area contributed by atoms with Gasteiger partial charge in [0, 0.05) is 6.07 Å². The molecular formula is C20H21ClN4O6S. The number of non-ortho nitro benzene ring substituents is 1. The van der Waals surface area contributed by atoms with Crippen molar-refractivity contribution in [1.82, 2.24) is 9.78 Å². The standard InChI is InChI=1S/C20H21ClN4O6S/c1-4-31-12-11-23-19-17(25(26)27)10-9-16(21)18(19)20(22-23)24(32(3,28)29)13-14-5-7-15(30-2)8-6-14/h4-10H,1,11-13H2,2-3H3. The van der Waals surface area contributed by atoms with E-state index in [-0.39, 0.29) is 47.1 Å². The van der Waals surface area contributed by atoms with Crippen LogP contribution in [0.3, 0.4) is 0 Å². The normalized spacial score (nSPS) is 11.3. The molecule has 170 valence electrons. The molecule has 3 aromatic rings. The van der Waals surface area contributed by atoms with Crippen LogP contribution in [0.25, 0.3) is 10.9 Å². The van der Waals surface area contributed by atoms with Crippen molar-refractivity contribution in [1.29, 1.82) is 0 Å². The lowest BCUT2D eigenvalue weighted by atomic mass is 10.2. The maximum Gasteiger partial charge on any atom is 0.295 e. The highest BCUT2D eigenvalue weighted by Crippen LogP contribution is 2.39. The zero-order valence-electron chi connectivity index (χ0n) is 17.4. The van der Waals surface area contributed by atoms with Gasteiger partial charge in [0.1, 0.15) is 17.9 Å². The van der Waals surface area contributed by atoms with Crippen molar-refractivity contribution in [3.05, 3.63) is 69.9 Å². The van der Waals surface area contributed by atoms with E-state index in [1.54, 1.807) is 24.3 Å². The van der Waals surface area contributed by atoms with Crippen LogP contribution in [-0.4, -0.2) is 43.1 Å². The first-order valence-electron chi connectivity index (χ1n) is 9.34. The van der Waals surface area contributed by atoms with E-state index in [4.69, 9.17) is 21.1 Å². The Morgan fingerprint density at radius 1 is 1.28 bits per heavy atom. The van der Waals surface area contributed by atoms with Crippen molar-refractivity contribution in [3.63, 3.8) is 0 Å². The Kier molecular flexibility index (Phi) is 6.90. The fraction of sp³-hybridized carbons (Fsp3) is 0.250. The minimum Gasteiger partial charge on any atom is -0.500 e. The van der Waals surface area contributed by atoms with Gasteiger partial charge in [0.25, 0.3) is 5.69 Å². The van der Waals surface area contributed by atoms with E-state index in [0.29, 0.717) is 11.3 Å². The Morgan fingerprint density at radius 3 is 2.53 bits per heavy atom. The van der Waals surface area contributed by atoms with Gasteiger partial charge in [-0.15, -0.1) is 0 Å². The van der Waals surface area contributed by atoms with Gasteiger partial charge in [-0.1, -0.05) is 30.3 Å². The van der Waals surface area contributed by atoms with Crippen LogP contribution in [0.2, 0.25) is 5.02 Å². The van der Waals surface area contributed by atoms with Crippen molar-refractivity contribution < 1.29 is 22.8 Å². The van der Waals surface area contributed by atoms with Crippen molar-refractivity contribution in [2.75, 3.05) is 24.3 Å². The summed E-state index contributed by atoms with van der Waals surface area (Å²) in [6.07, 6.45) is 2.27. The van der Waals surface area contributed by atoms with Crippen LogP contribution in [0, 0.1) is 10.1 Å². The molecule has 0 bridgehead atoms. The lowest BCUT2D eigenvalue weighted by Crippen LogP contribution is -2.30. The molecule has 0 aliphatic rings. The largest absolute Gasteiger partial charge is 0.500 e. The second-order valence-corrected chi connectivity index (χ2v) is 9.06. The molecule has 10 nitrogen and oxygen atoms in total. The number of hydrogen-bond donors (Lipinski definition) is 0. The Hall–Kier alpha value is -3.31. The number of nitro groups is 1. The van der Waals surface area contributed by atoms with Gasteiger partial charge >= 0.3 is 0 Å². The number of methoxy groups -OCH3 is 1. The summed E-state index contributed by atoms with van der Waals surface area (Å²) in [6, 6.07) is 9.46. The maximum atomic E-state index is 12.7. The second-order valence-electron chi connectivity index (χ2n) is 6.75. The average molecular weight is 481 g/mol. The first-order valence-corrected chi connectivity index (χ1v) is 11.6. The summed E-state index contributed by atoms with van der Waals surface area (Å²) < 4.78 is 38.1. The first-order chi connectivity index (χ1) is 15.2.